The fourth-order valence-corrected chi connectivity index (χ4v) is 3.20. The highest BCUT2D eigenvalue weighted by Crippen LogP contribution is 2.33. The number of hydrogen-bond acceptors (Lipinski definition) is 3. The number of rotatable bonds is 9. The Bertz CT molecular complexity index is 534. The number of nitrogens with one attached hydrogen (secondary N) is 1. The van der Waals surface area contributed by atoms with E-state index in [-0.39, 0.29) is 6.54 Å². The molecule has 0 bridgehead atoms. The topological polar surface area (TPSA) is 52.6 Å². The molecule has 4 nitrogen and oxygen atoms in total. The number of carboxylic acid groups (broad SMARTS) is 1. The summed E-state index contributed by atoms with van der Waals surface area (Å²) in [6.07, 6.45) is 8.97. The quantitative estimate of drug-likeness (QED) is 0.736. The van der Waals surface area contributed by atoms with Gasteiger partial charge in [-0.1, -0.05) is 42.5 Å². The van der Waals surface area contributed by atoms with Gasteiger partial charge in [-0.3, -0.25) is 9.69 Å². The lowest BCUT2D eigenvalue weighted by Crippen LogP contribution is -2.54. The van der Waals surface area contributed by atoms with Crippen LogP contribution in [0.15, 0.2) is 36.4 Å². The molecule has 0 spiro atoms. The summed E-state index contributed by atoms with van der Waals surface area (Å²) in [4.78, 5) is 13.2. The van der Waals surface area contributed by atoms with Crippen molar-refractivity contribution in [3.05, 3.63) is 42.0 Å². The highest BCUT2D eigenvalue weighted by Gasteiger charge is 2.36. The second-order valence-electron chi connectivity index (χ2n) is 6.81. The van der Waals surface area contributed by atoms with E-state index in [2.05, 4.69) is 34.5 Å². The molecule has 0 aliphatic heterocycles. The van der Waals surface area contributed by atoms with Crippen molar-refractivity contribution in [1.29, 1.82) is 0 Å². The minimum absolute atomic E-state index is 0.196. The van der Waals surface area contributed by atoms with E-state index in [9.17, 15) is 4.79 Å². The normalized spacial score (nSPS) is 24.0. The lowest BCUT2D eigenvalue weighted by molar-refractivity contribution is -0.139. The average molecular weight is 314 g/mol. The molecule has 1 aromatic carbocycles. The molecule has 0 atom stereocenters. The molecule has 1 aromatic rings. The Kier molecular flexibility index (Phi) is 5.47. The van der Waals surface area contributed by atoms with Crippen molar-refractivity contribution in [3.8, 4) is 0 Å². The molecule has 3 rings (SSSR count). The lowest BCUT2D eigenvalue weighted by Gasteiger charge is -2.42. The molecule has 2 aliphatic carbocycles. The zero-order valence-electron chi connectivity index (χ0n) is 13.5. The monoisotopic (exact) mass is 314 g/mol. The van der Waals surface area contributed by atoms with Gasteiger partial charge in [0.1, 0.15) is 0 Å². The molecule has 2 N–H and O–H groups in total. The van der Waals surface area contributed by atoms with Crippen LogP contribution in [0.25, 0.3) is 6.08 Å². The van der Waals surface area contributed by atoms with Gasteiger partial charge in [-0.15, -0.1) is 0 Å². The Labute approximate surface area is 138 Å². The van der Waals surface area contributed by atoms with E-state index in [0.29, 0.717) is 12.1 Å². The van der Waals surface area contributed by atoms with Crippen LogP contribution in [0, 0.1) is 5.92 Å². The van der Waals surface area contributed by atoms with Crippen LogP contribution in [0.3, 0.4) is 0 Å². The summed E-state index contributed by atoms with van der Waals surface area (Å²) in [6, 6.07) is 11.3. The summed E-state index contributed by atoms with van der Waals surface area (Å²) < 4.78 is 0. The first-order valence-corrected chi connectivity index (χ1v) is 8.61. The third-order valence-corrected chi connectivity index (χ3v) is 4.79. The number of nitrogens with zero attached hydrogens (tertiary/aromatic N) is 1. The molecule has 0 radical (unpaired) electrons. The molecule has 0 aromatic heterocycles. The van der Waals surface area contributed by atoms with Crippen molar-refractivity contribution in [2.75, 3.05) is 19.6 Å². The van der Waals surface area contributed by atoms with Crippen LogP contribution >= 0.6 is 0 Å². The highest BCUT2D eigenvalue weighted by molar-refractivity contribution is 5.69. The van der Waals surface area contributed by atoms with E-state index in [0.717, 1.165) is 31.8 Å². The van der Waals surface area contributed by atoms with Gasteiger partial charge in [0.2, 0.25) is 0 Å². The Balaban J connectivity index is 1.36. The first kappa shape index (κ1) is 16.2. The van der Waals surface area contributed by atoms with Crippen molar-refractivity contribution in [2.45, 2.75) is 37.8 Å². The van der Waals surface area contributed by atoms with E-state index >= 15 is 0 Å². The van der Waals surface area contributed by atoms with Crippen LogP contribution in [0.4, 0.5) is 0 Å². The smallest absolute Gasteiger partial charge is 0.317 e. The molecule has 124 valence electrons. The third kappa shape index (κ3) is 5.19. The second kappa shape index (κ2) is 7.75. The van der Waals surface area contributed by atoms with Gasteiger partial charge in [0, 0.05) is 25.2 Å². The molecule has 2 fully saturated rings. The largest absolute Gasteiger partial charge is 0.480 e. The van der Waals surface area contributed by atoms with E-state index < -0.39 is 5.97 Å². The molecule has 2 aliphatic rings. The first-order chi connectivity index (χ1) is 11.2. The molecule has 0 amide bonds. The van der Waals surface area contributed by atoms with Crippen molar-refractivity contribution in [3.63, 3.8) is 0 Å². The van der Waals surface area contributed by atoms with E-state index in [1.165, 1.54) is 18.4 Å². The Hall–Kier alpha value is -1.65. The van der Waals surface area contributed by atoms with Gasteiger partial charge in [-0.2, -0.15) is 0 Å². The summed E-state index contributed by atoms with van der Waals surface area (Å²) in [5.41, 5.74) is 1.22. The summed E-state index contributed by atoms with van der Waals surface area (Å²) in [6.45, 7) is 2.03. The van der Waals surface area contributed by atoms with Crippen LogP contribution in [0.2, 0.25) is 0 Å². The highest BCUT2D eigenvalue weighted by atomic mass is 16.4. The van der Waals surface area contributed by atoms with E-state index in [1.807, 2.05) is 18.2 Å². The zero-order valence-corrected chi connectivity index (χ0v) is 13.5. The van der Waals surface area contributed by atoms with Gasteiger partial charge >= 0.3 is 5.97 Å². The van der Waals surface area contributed by atoms with Crippen molar-refractivity contribution in [2.24, 2.45) is 5.92 Å². The molecule has 0 heterocycles. The van der Waals surface area contributed by atoms with Gasteiger partial charge in [0.15, 0.2) is 0 Å². The second-order valence-corrected chi connectivity index (χ2v) is 6.81. The predicted molar refractivity (Wildman–Crippen MR) is 92.2 cm³/mol. The minimum Gasteiger partial charge on any atom is -0.480 e. The van der Waals surface area contributed by atoms with Gasteiger partial charge in [-0.05, 0) is 37.2 Å². The van der Waals surface area contributed by atoms with Gasteiger partial charge in [0.05, 0.1) is 6.54 Å². The summed E-state index contributed by atoms with van der Waals surface area (Å²) in [7, 11) is 0. The van der Waals surface area contributed by atoms with Crippen molar-refractivity contribution in [1.82, 2.24) is 10.2 Å². The maximum Gasteiger partial charge on any atom is 0.317 e. The Morgan fingerprint density at radius 3 is 2.65 bits per heavy atom. The molecule has 2 saturated carbocycles. The first-order valence-electron chi connectivity index (χ1n) is 8.61. The van der Waals surface area contributed by atoms with E-state index in [4.69, 9.17) is 5.11 Å². The van der Waals surface area contributed by atoms with Gasteiger partial charge < -0.3 is 10.4 Å². The number of hydrogen-bond donors (Lipinski definition) is 2. The molecular formula is C19H26N2O2. The van der Waals surface area contributed by atoms with Gasteiger partial charge in [0.25, 0.3) is 0 Å². The predicted octanol–water partition coefficient (Wildman–Crippen LogP) is 2.62. The zero-order chi connectivity index (χ0) is 16.1. The van der Waals surface area contributed by atoms with Crippen LogP contribution < -0.4 is 5.32 Å². The summed E-state index contributed by atoms with van der Waals surface area (Å²) in [5.74, 6) is 0.0445. The number of benzene rings is 1. The fourth-order valence-electron chi connectivity index (χ4n) is 3.20. The third-order valence-electron chi connectivity index (χ3n) is 4.79. The average Bonchev–Trinajstić information content (AvgIpc) is 3.29. The fraction of sp³-hybridized carbons (Fsp3) is 0.526. The Morgan fingerprint density at radius 2 is 2.00 bits per heavy atom. The number of carbonyl (C=O) groups is 1. The van der Waals surface area contributed by atoms with Crippen LogP contribution in [0.1, 0.15) is 31.2 Å². The summed E-state index contributed by atoms with van der Waals surface area (Å²) >= 11 is 0. The van der Waals surface area contributed by atoms with Crippen LogP contribution in [0.5, 0.6) is 0 Å². The number of carboxylic acids is 1. The lowest BCUT2D eigenvalue weighted by atomic mass is 9.85. The Morgan fingerprint density at radius 1 is 1.26 bits per heavy atom. The maximum atomic E-state index is 11.0. The molecule has 0 saturated heterocycles. The van der Waals surface area contributed by atoms with E-state index in [1.54, 1.807) is 0 Å². The van der Waals surface area contributed by atoms with Crippen LogP contribution in [-0.4, -0.2) is 47.7 Å². The van der Waals surface area contributed by atoms with Crippen molar-refractivity contribution < 1.29 is 9.90 Å². The van der Waals surface area contributed by atoms with Crippen molar-refractivity contribution >= 4 is 12.0 Å². The van der Waals surface area contributed by atoms with Gasteiger partial charge in [-0.25, -0.2) is 0 Å². The molecule has 4 heteroatoms. The molecule has 23 heavy (non-hydrogen) atoms. The maximum absolute atomic E-state index is 11.0. The standard InChI is InChI=1S/C19H26N2O2/c22-19(23)14-21(13-16-8-9-16)18-11-17(12-18)20-10-4-7-15-5-2-1-3-6-15/h1-7,16-18,20H,8-14H2,(H,22,23)/b7-4+. The molecule has 0 unspecified atom stereocenters. The SMILES string of the molecule is O=C(O)CN(CC1CC1)C1CC(NC/C=C/c2ccccc2)C1. The van der Waals surface area contributed by atoms with Crippen LogP contribution in [-0.2, 0) is 4.79 Å². The number of aliphatic carboxylic acids is 1. The summed E-state index contributed by atoms with van der Waals surface area (Å²) in [5, 5.41) is 12.6. The minimum atomic E-state index is -0.701. The molecular weight excluding hydrogens is 288 g/mol.